The number of piperazine rings is 1. The highest BCUT2D eigenvalue weighted by molar-refractivity contribution is 8.00. The molecule has 1 heterocycles. The summed E-state index contributed by atoms with van der Waals surface area (Å²) < 4.78 is 0. The van der Waals surface area contributed by atoms with Gasteiger partial charge in [0.25, 0.3) is 0 Å². The zero-order valence-electron chi connectivity index (χ0n) is 14.6. The van der Waals surface area contributed by atoms with E-state index in [1.165, 1.54) is 0 Å². The van der Waals surface area contributed by atoms with Gasteiger partial charge in [-0.15, -0.1) is 11.8 Å². The molecule has 1 aromatic carbocycles. The van der Waals surface area contributed by atoms with E-state index in [2.05, 4.69) is 29.1 Å². The summed E-state index contributed by atoms with van der Waals surface area (Å²) in [7, 11) is 2.17. The number of hydrogen-bond acceptors (Lipinski definition) is 4. The Morgan fingerprint density at radius 3 is 2.54 bits per heavy atom. The minimum absolute atomic E-state index is 0.0465. The number of hydrogen-bond donors (Lipinski definition) is 1. The summed E-state index contributed by atoms with van der Waals surface area (Å²) >= 11 is 7.51. The number of amides is 1. The van der Waals surface area contributed by atoms with Gasteiger partial charge < -0.3 is 15.1 Å². The minimum Gasteiger partial charge on any atom is -0.355 e. The fourth-order valence-electron chi connectivity index (χ4n) is 2.70. The molecule has 1 N–H and O–H groups in total. The number of thioether (sulfide) groups is 1. The fraction of sp³-hybridized carbons (Fsp3) is 0.611. The molecule has 1 aliphatic rings. The average molecular weight is 370 g/mol. The second-order valence-electron chi connectivity index (χ2n) is 6.26. The minimum atomic E-state index is -0.0465. The van der Waals surface area contributed by atoms with Crippen LogP contribution in [0.25, 0.3) is 0 Å². The van der Waals surface area contributed by atoms with Crippen molar-refractivity contribution in [3.63, 3.8) is 0 Å². The van der Waals surface area contributed by atoms with E-state index in [1.54, 1.807) is 11.8 Å². The Bertz CT molecular complexity index is 503. The third kappa shape index (κ3) is 6.63. The number of carbonyl (C=O) groups is 1. The van der Waals surface area contributed by atoms with Gasteiger partial charge in [0.15, 0.2) is 0 Å². The molecule has 0 aromatic heterocycles. The molecule has 1 aliphatic heterocycles. The molecule has 0 saturated carbocycles. The summed E-state index contributed by atoms with van der Waals surface area (Å²) in [4.78, 5) is 18.3. The molecule has 0 bridgehead atoms. The highest BCUT2D eigenvalue weighted by Crippen LogP contribution is 2.26. The maximum absolute atomic E-state index is 12.4. The van der Waals surface area contributed by atoms with E-state index in [4.69, 9.17) is 11.6 Å². The topological polar surface area (TPSA) is 35.6 Å². The lowest BCUT2D eigenvalue weighted by atomic mass is 10.3. The quantitative estimate of drug-likeness (QED) is 0.564. The van der Waals surface area contributed by atoms with Crippen LogP contribution in [-0.2, 0) is 4.79 Å². The summed E-state index contributed by atoms with van der Waals surface area (Å²) in [6.07, 6.45) is 1.83. The summed E-state index contributed by atoms with van der Waals surface area (Å²) in [6.45, 7) is 8.42. The van der Waals surface area contributed by atoms with E-state index < -0.39 is 0 Å². The lowest BCUT2D eigenvalue weighted by molar-refractivity contribution is -0.120. The van der Waals surface area contributed by atoms with Gasteiger partial charge in [-0.05, 0) is 50.7 Å². The first-order valence-corrected chi connectivity index (χ1v) is 9.95. The van der Waals surface area contributed by atoms with E-state index in [0.717, 1.165) is 62.0 Å². The first-order valence-electron chi connectivity index (χ1n) is 8.69. The molecule has 1 aromatic rings. The molecule has 134 valence electrons. The van der Waals surface area contributed by atoms with Crippen LogP contribution in [0.1, 0.15) is 19.8 Å². The van der Waals surface area contributed by atoms with Crippen molar-refractivity contribution in [3.05, 3.63) is 29.3 Å². The van der Waals surface area contributed by atoms with Crippen LogP contribution in [0.15, 0.2) is 29.2 Å². The molecular formula is C18H28ClN3OS. The van der Waals surface area contributed by atoms with Crippen LogP contribution in [0.5, 0.6) is 0 Å². The van der Waals surface area contributed by atoms with Gasteiger partial charge in [-0.3, -0.25) is 4.79 Å². The molecule has 24 heavy (non-hydrogen) atoms. The van der Waals surface area contributed by atoms with Crippen LogP contribution in [0, 0.1) is 0 Å². The van der Waals surface area contributed by atoms with Crippen molar-refractivity contribution in [2.24, 2.45) is 0 Å². The van der Waals surface area contributed by atoms with Crippen LogP contribution in [0.3, 0.4) is 0 Å². The van der Waals surface area contributed by atoms with E-state index in [1.807, 2.05) is 24.3 Å². The molecule has 0 radical (unpaired) electrons. The number of carbonyl (C=O) groups excluding carboxylic acids is 1. The van der Waals surface area contributed by atoms with Gasteiger partial charge >= 0.3 is 0 Å². The largest absolute Gasteiger partial charge is 0.355 e. The molecule has 1 amide bonds. The number of nitrogens with zero attached hydrogens (tertiary/aromatic N) is 2. The Morgan fingerprint density at radius 1 is 1.25 bits per heavy atom. The molecule has 6 heteroatoms. The Hall–Kier alpha value is -0.750. The van der Waals surface area contributed by atoms with Crippen molar-refractivity contribution in [2.45, 2.75) is 29.9 Å². The summed E-state index contributed by atoms with van der Waals surface area (Å²) in [6, 6.07) is 7.67. The van der Waals surface area contributed by atoms with Gasteiger partial charge in [-0.25, -0.2) is 0 Å². The maximum Gasteiger partial charge on any atom is 0.233 e. The number of rotatable bonds is 8. The highest BCUT2D eigenvalue weighted by Gasteiger charge is 2.18. The van der Waals surface area contributed by atoms with E-state index >= 15 is 0 Å². The van der Waals surface area contributed by atoms with E-state index in [-0.39, 0.29) is 11.2 Å². The van der Waals surface area contributed by atoms with Crippen LogP contribution < -0.4 is 5.32 Å². The van der Waals surface area contributed by atoms with Crippen LogP contribution in [0.2, 0.25) is 5.02 Å². The standard InChI is InChI=1S/C18H28ClN3OS/c1-3-17(24-16-7-5-15(19)6-8-16)18(23)20-9-4-10-22-13-11-21(2)12-14-22/h5-8,17H,3-4,9-14H2,1-2H3,(H,20,23)/t17-/m0/s1. The predicted octanol–water partition coefficient (Wildman–Crippen LogP) is 2.96. The molecule has 4 nitrogen and oxygen atoms in total. The smallest absolute Gasteiger partial charge is 0.233 e. The highest BCUT2D eigenvalue weighted by atomic mass is 35.5. The van der Waals surface area contributed by atoms with Gasteiger partial charge in [0.05, 0.1) is 5.25 Å². The van der Waals surface area contributed by atoms with Gasteiger partial charge in [0, 0.05) is 42.6 Å². The average Bonchev–Trinajstić information content (AvgIpc) is 2.59. The third-order valence-corrected chi connectivity index (χ3v) is 5.93. The Labute approximate surface area is 154 Å². The van der Waals surface area contributed by atoms with E-state index in [0.29, 0.717) is 0 Å². The van der Waals surface area contributed by atoms with Gasteiger partial charge in [0.2, 0.25) is 5.91 Å². The molecule has 2 rings (SSSR count). The Balaban J connectivity index is 1.67. The number of benzene rings is 1. The molecule has 1 fully saturated rings. The van der Waals surface area contributed by atoms with Crippen LogP contribution in [0.4, 0.5) is 0 Å². The fourth-order valence-corrected chi connectivity index (χ4v) is 3.80. The molecule has 0 unspecified atom stereocenters. The lowest BCUT2D eigenvalue weighted by Gasteiger charge is -2.32. The second kappa shape index (κ2) is 10.3. The summed E-state index contributed by atoms with van der Waals surface area (Å²) in [5, 5.41) is 3.77. The lowest BCUT2D eigenvalue weighted by Crippen LogP contribution is -2.45. The third-order valence-electron chi connectivity index (χ3n) is 4.30. The molecule has 0 aliphatic carbocycles. The van der Waals surface area contributed by atoms with Crippen LogP contribution in [-0.4, -0.2) is 67.3 Å². The SMILES string of the molecule is CC[C@H](Sc1ccc(Cl)cc1)C(=O)NCCCN1CCN(C)CC1. The van der Waals surface area contributed by atoms with Crippen molar-refractivity contribution in [1.82, 2.24) is 15.1 Å². The van der Waals surface area contributed by atoms with Crippen molar-refractivity contribution in [1.29, 1.82) is 0 Å². The van der Waals surface area contributed by atoms with Crippen LogP contribution >= 0.6 is 23.4 Å². The zero-order valence-corrected chi connectivity index (χ0v) is 16.2. The van der Waals surface area contributed by atoms with Gasteiger partial charge in [0.1, 0.15) is 0 Å². The second-order valence-corrected chi connectivity index (χ2v) is 7.97. The Morgan fingerprint density at radius 2 is 1.92 bits per heavy atom. The predicted molar refractivity (Wildman–Crippen MR) is 103 cm³/mol. The first kappa shape index (κ1) is 19.6. The van der Waals surface area contributed by atoms with Gasteiger partial charge in [-0.1, -0.05) is 18.5 Å². The van der Waals surface area contributed by atoms with Crippen molar-refractivity contribution >= 4 is 29.3 Å². The molecular weight excluding hydrogens is 342 g/mol. The maximum atomic E-state index is 12.4. The Kier molecular flexibility index (Phi) is 8.39. The van der Waals surface area contributed by atoms with E-state index in [9.17, 15) is 4.79 Å². The summed E-state index contributed by atoms with van der Waals surface area (Å²) in [5.41, 5.74) is 0. The molecule has 0 spiro atoms. The van der Waals surface area contributed by atoms with Crippen molar-refractivity contribution < 1.29 is 4.79 Å². The normalized spacial score (nSPS) is 17.6. The monoisotopic (exact) mass is 369 g/mol. The number of likely N-dealkylation sites (N-methyl/N-ethyl adjacent to an activating group) is 1. The zero-order chi connectivity index (χ0) is 17.4. The van der Waals surface area contributed by atoms with Gasteiger partial charge in [-0.2, -0.15) is 0 Å². The number of halogens is 1. The summed E-state index contributed by atoms with van der Waals surface area (Å²) in [5.74, 6) is 0.135. The van der Waals surface area contributed by atoms with Crippen molar-refractivity contribution in [3.8, 4) is 0 Å². The van der Waals surface area contributed by atoms with Crippen molar-refractivity contribution in [2.75, 3.05) is 46.3 Å². The molecule has 1 saturated heterocycles. The first-order chi connectivity index (χ1) is 11.6. The molecule has 1 atom stereocenters. The number of nitrogens with one attached hydrogen (secondary N) is 1.